The first kappa shape index (κ1) is 18.3. The molecule has 10 heteroatoms. The Hall–Kier alpha value is -0.0100. The van der Waals surface area contributed by atoms with E-state index in [2.05, 4.69) is 0 Å². The number of hydrogen-bond donors (Lipinski definition) is 6. The van der Waals surface area contributed by atoms with Gasteiger partial charge in [0.2, 0.25) is 0 Å². The Labute approximate surface area is 131 Å². The van der Waals surface area contributed by atoms with Gasteiger partial charge in [0.15, 0.2) is 12.6 Å². The van der Waals surface area contributed by atoms with E-state index in [9.17, 15) is 30.6 Å². The zero-order valence-electron chi connectivity index (χ0n) is 11.9. The highest BCUT2D eigenvalue weighted by Crippen LogP contribution is 2.29. The van der Waals surface area contributed by atoms with E-state index in [1.54, 1.807) is 0 Å². The quantitative estimate of drug-likeness (QED) is 0.299. The van der Waals surface area contributed by atoms with Gasteiger partial charge in [-0.2, -0.15) is 11.8 Å². The maximum absolute atomic E-state index is 9.96. The maximum atomic E-state index is 9.96. The first-order chi connectivity index (χ1) is 10.4. The Morgan fingerprint density at radius 2 is 1.59 bits per heavy atom. The van der Waals surface area contributed by atoms with Crippen molar-refractivity contribution >= 4 is 11.8 Å². The highest BCUT2D eigenvalue weighted by atomic mass is 32.2. The van der Waals surface area contributed by atoms with E-state index in [0.717, 1.165) is 0 Å². The fraction of sp³-hybridized carbons (Fsp3) is 1.00. The SMILES string of the molecule is CSC[C@H]1O[C@@H](O[C@H]2C(CO)OC(O)[C@H](O)[C@H]2O)[C@@H](O)C1O. The van der Waals surface area contributed by atoms with E-state index in [1.807, 2.05) is 6.26 Å². The molecule has 9 atom stereocenters. The van der Waals surface area contributed by atoms with Crippen LogP contribution in [0.2, 0.25) is 0 Å². The van der Waals surface area contributed by atoms with Gasteiger partial charge in [0.25, 0.3) is 0 Å². The Morgan fingerprint density at radius 3 is 2.18 bits per heavy atom. The number of aliphatic hydroxyl groups excluding tert-OH is 6. The van der Waals surface area contributed by atoms with Crippen LogP contribution in [0, 0.1) is 0 Å². The third kappa shape index (κ3) is 3.56. The summed E-state index contributed by atoms with van der Waals surface area (Å²) in [5.74, 6) is 0.437. The first-order valence-corrected chi connectivity index (χ1v) is 8.26. The van der Waals surface area contributed by atoms with E-state index in [0.29, 0.717) is 5.75 Å². The van der Waals surface area contributed by atoms with Gasteiger partial charge >= 0.3 is 0 Å². The van der Waals surface area contributed by atoms with E-state index >= 15 is 0 Å². The Bertz CT molecular complexity index is 357. The molecular weight excluding hydrogens is 320 g/mol. The van der Waals surface area contributed by atoms with Crippen molar-refractivity contribution in [2.45, 2.75) is 55.3 Å². The van der Waals surface area contributed by atoms with Crippen LogP contribution in [-0.2, 0) is 14.2 Å². The van der Waals surface area contributed by atoms with Crippen LogP contribution in [0.15, 0.2) is 0 Å². The van der Waals surface area contributed by atoms with Crippen molar-refractivity contribution in [3.63, 3.8) is 0 Å². The van der Waals surface area contributed by atoms with Crippen LogP contribution in [0.3, 0.4) is 0 Å². The van der Waals surface area contributed by atoms with E-state index in [1.165, 1.54) is 11.8 Å². The van der Waals surface area contributed by atoms with Gasteiger partial charge in [-0.05, 0) is 6.26 Å². The first-order valence-electron chi connectivity index (χ1n) is 6.87. The molecule has 0 aromatic heterocycles. The lowest BCUT2D eigenvalue weighted by atomic mass is 9.99. The highest BCUT2D eigenvalue weighted by Gasteiger charge is 2.49. The van der Waals surface area contributed by atoms with Crippen LogP contribution in [0.5, 0.6) is 0 Å². The second-order valence-electron chi connectivity index (χ2n) is 5.31. The average Bonchev–Trinajstić information content (AvgIpc) is 2.76. The summed E-state index contributed by atoms with van der Waals surface area (Å²) >= 11 is 1.42. The molecule has 22 heavy (non-hydrogen) atoms. The minimum Gasteiger partial charge on any atom is -0.394 e. The number of ether oxygens (including phenoxy) is 3. The number of aliphatic hydroxyl groups is 6. The van der Waals surface area contributed by atoms with Crippen LogP contribution in [0.4, 0.5) is 0 Å². The molecular formula is C12H22O9S. The molecule has 0 spiro atoms. The van der Waals surface area contributed by atoms with Gasteiger partial charge in [0.1, 0.15) is 36.6 Å². The lowest BCUT2D eigenvalue weighted by Crippen LogP contribution is -2.60. The van der Waals surface area contributed by atoms with Crippen LogP contribution in [0.1, 0.15) is 0 Å². The smallest absolute Gasteiger partial charge is 0.187 e. The van der Waals surface area contributed by atoms with E-state index in [4.69, 9.17) is 14.2 Å². The molecule has 2 rings (SSSR count). The molecule has 0 aromatic rings. The van der Waals surface area contributed by atoms with Crippen molar-refractivity contribution in [1.82, 2.24) is 0 Å². The summed E-state index contributed by atoms with van der Waals surface area (Å²) < 4.78 is 15.7. The molecule has 2 heterocycles. The predicted octanol–water partition coefficient (Wildman–Crippen LogP) is -3.39. The Balaban J connectivity index is 2.04. The molecule has 2 fully saturated rings. The minimum absolute atomic E-state index is 0.437. The van der Waals surface area contributed by atoms with Gasteiger partial charge in [-0.3, -0.25) is 0 Å². The van der Waals surface area contributed by atoms with Crippen molar-refractivity contribution in [2.24, 2.45) is 0 Å². The molecule has 0 aromatic carbocycles. The van der Waals surface area contributed by atoms with Crippen molar-refractivity contribution in [2.75, 3.05) is 18.6 Å². The minimum atomic E-state index is -1.66. The van der Waals surface area contributed by atoms with Crippen molar-refractivity contribution < 1.29 is 44.8 Å². The molecule has 0 radical (unpaired) electrons. The van der Waals surface area contributed by atoms with Crippen molar-refractivity contribution in [3.05, 3.63) is 0 Å². The number of thioether (sulfide) groups is 1. The fourth-order valence-corrected chi connectivity index (χ4v) is 3.12. The molecule has 2 saturated heterocycles. The van der Waals surface area contributed by atoms with Crippen molar-refractivity contribution in [3.8, 4) is 0 Å². The molecule has 6 N–H and O–H groups in total. The fourth-order valence-electron chi connectivity index (χ4n) is 2.52. The Kier molecular flexibility index (Phi) is 6.42. The summed E-state index contributed by atoms with van der Waals surface area (Å²) in [4.78, 5) is 0. The van der Waals surface area contributed by atoms with Crippen LogP contribution in [-0.4, -0.2) is 105 Å². The maximum Gasteiger partial charge on any atom is 0.187 e. The van der Waals surface area contributed by atoms with Crippen molar-refractivity contribution in [1.29, 1.82) is 0 Å². The third-order valence-electron chi connectivity index (χ3n) is 3.78. The van der Waals surface area contributed by atoms with Crippen LogP contribution >= 0.6 is 11.8 Å². The van der Waals surface area contributed by atoms with Gasteiger partial charge in [-0.15, -0.1) is 0 Å². The number of hydrogen-bond acceptors (Lipinski definition) is 10. The van der Waals surface area contributed by atoms with Crippen LogP contribution < -0.4 is 0 Å². The third-order valence-corrected chi connectivity index (χ3v) is 4.44. The van der Waals surface area contributed by atoms with Gasteiger partial charge in [-0.25, -0.2) is 0 Å². The largest absolute Gasteiger partial charge is 0.394 e. The predicted molar refractivity (Wildman–Crippen MR) is 73.9 cm³/mol. The molecule has 0 amide bonds. The van der Waals surface area contributed by atoms with Gasteiger partial charge in [0.05, 0.1) is 12.7 Å². The number of rotatable bonds is 5. The zero-order chi connectivity index (χ0) is 16.4. The molecule has 0 bridgehead atoms. The molecule has 3 unspecified atom stereocenters. The average molecular weight is 342 g/mol. The molecule has 0 saturated carbocycles. The summed E-state index contributed by atoms with van der Waals surface area (Å²) in [6.45, 7) is -0.578. The van der Waals surface area contributed by atoms with Crippen LogP contribution in [0.25, 0.3) is 0 Å². The molecule has 2 aliphatic rings. The van der Waals surface area contributed by atoms with E-state index < -0.39 is 61.9 Å². The van der Waals surface area contributed by atoms with Gasteiger partial charge < -0.3 is 44.8 Å². The van der Waals surface area contributed by atoms with Gasteiger partial charge in [-0.1, -0.05) is 0 Å². The Morgan fingerprint density at radius 1 is 0.909 bits per heavy atom. The summed E-state index contributed by atoms with van der Waals surface area (Å²) in [7, 11) is 0. The lowest BCUT2D eigenvalue weighted by Gasteiger charge is -2.41. The summed E-state index contributed by atoms with van der Waals surface area (Å²) in [6, 6.07) is 0. The molecule has 0 aliphatic carbocycles. The summed E-state index contributed by atoms with van der Waals surface area (Å²) in [6.07, 6.45) is -9.73. The lowest BCUT2D eigenvalue weighted by molar-refractivity contribution is -0.320. The molecule has 130 valence electrons. The molecule has 2 aliphatic heterocycles. The summed E-state index contributed by atoms with van der Waals surface area (Å²) in [5.41, 5.74) is 0. The second-order valence-corrected chi connectivity index (χ2v) is 6.22. The van der Waals surface area contributed by atoms with Gasteiger partial charge in [0, 0.05) is 5.75 Å². The molecule has 9 nitrogen and oxygen atoms in total. The summed E-state index contributed by atoms with van der Waals surface area (Å²) in [5, 5.41) is 58.0. The monoisotopic (exact) mass is 342 g/mol. The zero-order valence-corrected chi connectivity index (χ0v) is 12.7. The standard InChI is InChI=1S/C12H22O9S/c1-22-3-5-6(14)9(17)12(20-5)21-10-4(2-13)19-11(18)8(16)7(10)15/h4-18H,2-3H2,1H3/t4?,5-,6?,7-,8-,9+,10+,11?,12+/m1/s1. The highest BCUT2D eigenvalue weighted by molar-refractivity contribution is 7.98. The van der Waals surface area contributed by atoms with E-state index in [-0.39, 0.29) is 0 Å². The topological polar surface area (TPSA) is 149 Å². The second kappa shape index (κ2) is 7.71. The normalized spacial score (nSPS) is 49.5.